The molecule has 3 aromatic rings. The summed E-state index contributed by atoms with van der Waals surface area (Å²) in [6, 6.07) is 2.71. The molecular weight excluding hydrogens is 376 g/mol. The number of nitrogens with zero attached hydrogens (tertiary/aromatic N) is 3. The van der Waals surface area contributed by atoms with Crippen molar-refractivity contribution in [3.05, 3.63) is 47.4 Å². The summed E-state index contributed by atoms with van der Waals surface area (Å²) in [5.41, 5.74) is 0.187. The fourth-order valence-electron chi connectivity index (χ4n) is 2.30. The largest absolute Gasteiger partial charge is 0.494 e. The number of ether oxygens (including phenoxy) is 3. The zero-order chi connectivity index (χ0) is 20.1. The molecule has 0 bridgehead atoms. The Bertz CT molecular complexity index is 921. The predicted molar refractivity (Wildman–Crippen MR) is 93.6 cm³/mol. The van der Waals surface area contributed by atoms with E-state index in [1.165, 1.54) is 26.6 Å². The molecule has 0 atom stereocenters. The number of hydrogen-bond acceptors (Lipinski definition) is 8. The molecule has 148 valence electrons. The molecule has 3 N–H and O–H groups in total. The SMILES string of the molecule is COc1cc(OC)c(F)c(COc2cnc(Nc3cc(CO)[nH]n3)nc2)c1F. The van der Waals surface area contributed by atoms with Gasteiger partial charge in [0.15, 0.2) is 34.7 Å². The number of aromatic nitrogens is 4. The van der Waals surface area contributed by atoms with Crippen LogP contribution in [0.3, 0.4) is 0 Å². The molecule has 0 fully saturated rings. The molecule has 0 aliphatic heterocycles. The summed E-state index contributed by atoms with van der Waals surface area (Å²) in [7, 11) is 2.53. The minimum Gasteiger partial charge on any atom is -0.494 e. The minimum absolute atomic E-state index is 0.158. The second kappa shape index (κ2) is 8.48. The molecular formula is C17H17F2N5O4. The first-order valence-corrected chi connectivity index (χ1v) is 8.01. The lowest BCUT2D eigenvalue weighted by atomic mass is 10.1. The van der Waals surface area contributed by atoms with Gasteiger partial charge in [0.25, 0.3) is 0 Å². The summed E-state index contributed by atoms with van der Waals surface area (Å²) >= 11 is 0. The Morgan fingerprint density at radius 3 is 2.25 bits per heavy atom. The number of methoxy groups -OCH3 is 2. The van der Waals surface area contributed by atoms with Crippen LogP contribution < -0.4 is 19.5 Å². The van der Waals surface area contributed by atoms with Crippen LogP contribution in [-0.2, 0) is 13.2 Å². The number of anilines is 2. The molecule has 0 amide bonds. The molecule has 2 aromatic heterocycles. The normalized spacial score (nSPS) is 10.6. The van der Waals surface area contributed by atoms with Crippen molar-refractivity contribution in [3.63, 3.8) is 0 Å². The molecule has 11 heteroatoms. The maximum absolute atomic E-state index is 14.3. The van der Waals surface area contributed by atoms with E-state index in [2.05, 4.69) is 25.5 Å². The molecule has 0 unspecified atom stereocenters. The third-order valence-corrected chi connectivity index (χ3v) is 3.72. The van der Waals surface area contributed by atoms with Crippen LogP contribution in [0.25, 0.3) is 0 Å². The summed E-state index contributed by atoms with van der Waals surface area (Å²) in [6.07, 6.45) is 2.67. The number of benzene rings is 1. The van der Waals surface area contributed by atoms with E-state index in [-0.39, 0.29) is 35.4 Å². The minimum atomic E-state index is -0.877. The fraction of sp³-hybridized carbons (Fsp3) is 0.235. The van der Waals surface area contributed by atoms with Gasteiger partial charge in [0.1, 0.15) is 6.61 Å². The maximum atomic E-state index is 14.3. The van der Waals surface area contributed by atoms with Crippen molar-refractivity contribution >= 4 is 11.8 Å². The molecule has 0 aliphatic carbocycles. The number of H-pyrrole nitrogens is 1. The third-order valence-electron chi connectivity index (χ3n) is 3.72. The van der Waals surface area contributed by atoms with Crippen molar-refractivity contribution < 1.29 is 28.1 Å². The average Bonchev–Trinajstić information content (AvgIpc) is 3.17. The van der Waals surface area contributed by atoms with E-state index in [0.29, 0.717) is 11.5 Å². The van der Waals surface area contributed by atoms with Crippen LogP contribution in [0.1, 0.15) is 11.3 Å². The van der Waals surface area contributed by atoms with Crippen molar-refractivity contribution in [1.29, 1.82) is 0 Å². The highest BCUT2D eigenvalue weighted by atomic mass is 19.1. The van der Waals surface area contributed by atoms with Crippen molar-refractivity contribution in [2.24, 2.45) is 0 Å². The maximum Gasteiger partial charge on any atom is 0.228 e. The second-order valence-corrected chi connectivity index (χ2v) is 5.48. The van der Waals surface area contributed by atoms with Crippen molar-refractivity contribution in [1.82, 2.24) is 20.2 Å². The van der Waals surface area contributed by atoms with E-state index in [4.69, 9.17) is 19.3 Å². The van der Waals surface area contributed by atoms with E-state index in [1.54, 1.807) is 6.07 Å². The van der Waals surface area contributed by atoms with Crippen LogP contribution in [0.15, 0.2) is 24.5 Å². The van der Waals surface area contributed by atoms with Gasteiger partial charge in [0.05, 0.1) is 44.5 Å². The van der Waals surface area contributed by atoms with Crippen LogP contribution in [0.4, 0.5) is 20.5 Å². The Morgan fingerprint density at radius 2 is 1.71 bits per heavy atom. The van der Waals surface area contributed by atoms with E-state index in [0.717, 1.165) is 6.07 Å². The first kappa shape index (κ1) is 19.3. The summed E-state index contributed by atoms with van der Waals surface area (Å²) in [5, 5.41) is 18.4. The first-order chi connectivity index (χ1) is 13.5. The Morgan fingerprint density at radius 1 is 1.07 bits per heavy atom. The highest BCUT2D eigenvalue weighted by molar-refractivity contribution is 5.47. The van der Waals surface area contributed by atoms with Crippen molar-refractivity contribution in [2.45, 2.75) is 13.2 Å². The van der Waals surface area contributed by atoms with Crippen molar-refractivity contribution in [3.8, 4) is 17.2 Å². The number of hydrogen-bond donors (Lipinski definition) is 3. The van der Waals surface area contributed by atoms with Gasteiger partial charge in [-0.3, -0.25) is 5.10 Å². The Labute approximate surface area is 158 Å². The number of aromatic amines is 1. The first-order valence-electron chi connectivity index (χ1n) is 8.01. The van der Waals surface area contributed by atoms with E-state index < -0.39 is 18.2 Å². The van der Waals surface area contributed by atoms with Gasteiger partial charge in [-0.25, -0.2) is 18.7 Å². The summed E-state index contributed by atoms with van der Waals surface area (Å²) in [5.74, 6) is -1.22. The van der Waals surface area contributed by atoms with Crippen LogP contribution in [-0.4, -0.2) is 39.5 Å². The van der Waals surface area contributed by atoms with Gasteiger partial charge in [0.2, 0.25) is 5.95 Å². The molecule has 9 nitrogen and oxygen atoms in total. The Balaban J connectivity index is 1.70. The van der Waals surface area contributed by atoms with Crippen LogP contribution in [0.5, 0.6) is 17.2 Å². The summed E-state index contributed by atoms with van der Waals surface area (Å²) in [4.78, 5) is 8.07. The highest BCUT2D eigenvalue weighted by Crippen LogP contribution is 2.31. The van der Waals surface area contributed by atoms with Gasteiger partial charge in [-0.2, -0.15) is 5.10 Å². The van der Waals surface area contributed by atoms with Gasteiger partial charge in [-0.05, 0) is 0 Å². The van der Waals surface area contributed by atoms with Gasteiger partial charge < -0.3 is 24.6 Å². The zero-order valence-electron chi connectivity index (χ0n) is 15.0. The molecule has 0 radical (unpaired) electrons. The van der Waals surface area contributed by atoms with Crippen LogP contribution in [0, 0.1) is 11.6 Å². The summed E-state index contributed by atoms with van der Waals surface area (Å²) in [6.45, 7) is -0.592. The lowest BCUT2D eigenvalue weighted by Crippen LogP contribution is -2.06. The van der Waals surface area contributed by atoms with Gasteiger partial charge in [0, 0.05) is 12.1 Å². The van der Waals surface area contributed by atoms with E-state index in [9.17, 15) is 8.78 Å². The molecule has 3 rings (SSSR count). The highest BCUT2D eigenvalue weighted by Gasteiger charge is 2.20. The lowest BCUT2D eigenvalue weighted by molar-refractivity contribution is 0.276. The predicted octanol–water partition coefficient (Wildman–Crippen LogP) is 2.31. The monoisotopic (exact) mass is 393 g/mol. The van der Waals surface area contributed by atoms with E-state index in [1.807, 2.05) is 0 Å². The van der Waals surface area contributed by atoms with Gasteiger partial charge in [-0.15, -0.1) is 0 Å². The molecule has 0 spiro atoms. The van der Waals surface area contributed by atoms with Crippen molar-refractivity contribution in [2.75, 3.05) is 19.5 Å². The molecule has 0 saturated carbocycles. The third kappa shape index (κ3) is 4.09. The Hall–Kier alpha value is -3.47. The number of rotatable bonds is 8. The number of nitrogens with one attached hydrogen (secondary N) is 2. The van der Waals surface area contributed by atoms with Gasteiger partial charge in [-0.1, -0.05) is 0 Å². The topological polar surface area (TPSA) is 114 Å². The smallest absolute Gasteiger partial charge is 0.228 e. The quantitative estimate of drug-likeness (QED) is 0.534. The molecule has 0 saturated heterocycles. The van der Waals surface area contributed by atoms with Crippen LogP contribution in [0.2, 0.25) is 0 Å². The molecule has 28 heavy (non-hydrogen) atoms. The second-order valence-electron chi connectivity index (χ2n) is 5.48. The number of aliphatic hydroxyl groups excluding tert-OH is 1. The fourth-order valence-corrected chi connectivity index (χ4v) is 2.30. The molecule has 0 aliphatic rings. The average molecular weight is 393 g/mol. The van der Waals surface area contributed by atoms with Crippen LogP contribution >= 0.6 is 0 Å². The Kier molecular flexibility index (Phi) is 5.84. The van der Waals surface area contributed by atoms with E-state index >= 15 is 0 Å². The molecule has 1 aromatic carbocycles. The lowest BCUT2D eigenvalue weighted by Gasteiger charge is -2.13. The number of halogens is 2. The summed E-state index contributed by atoms with van der Waals surface area (Å²) < 4.78 is 43.8. The standard InChI is InChI=1S/C17H17F2N5O4/c1-26-12-4-13(27-2)16(19)11(15(12)18)8-28-10-5-20-17(21-6-10)22-14-3-9(7-25)23-24-14/h3-6,25H,7-8H2,1-2H3,(H2,20,21,22,23,24). The molecule has 2 heterocycles. The zero-order valence-corrected chi connectivity index (χ0v) is 15.0. The number of aliphatic hydroxyl groups is 1. The van der Waals surface area contributed by atoms with Gasteiger partial charge >= 0.3 is 0 Å².